The largest absolute Gasteiger partial charge is 0.378 e. The van der Waals surface area contributed by atoms with Crippen LogP contribution in [-0.4, -0.2) is 67.6 Å². The fourth-order valence-corrected chi connectivity index (χ4v) is 2.47. The summed E-state index contributed by atoms with van der Waals surface area (Å²) in [6, 6.07) is 11.9. The first-order chi connectivity index (χ1) is 13.4. The Morgan fingerprint density at radius 1 is 0.704 bits per heavy atom. The molecule has 7 heteroatoms. The highest BCUT2D eigenvalue weighted by molar-refractivity contribution is 5.06. The van der Waals surface area contributed by atoms with Gasteiger partial charge in [-0.1, -0.05) is 12.1 Å². The van der Waals surface area contributed by atoms with Crippen molar-refractivity contribution < 1.29 is 14.2 Å². The molecule has 2 rings (SSSR count). The van der Waals surface area contributed by atoms with Crippen molar-refractivity contribution >= 4 is 0 Å². The second kappa shape index (κ2) is 14.2. The zero-order chi connectivity index (χ0) is 19.0. The van der Waals surface area contributed by atoms with E-state index in [4.69, 9.17) is 19.9 Å². The second-order valence-corrected chi connectivity index (χ2v) is 5.98. The normalized spacial score (nSPS) is 11.2. The van der Waals surface area contributed by atoms with Crippen molar-refractivity contribution in [3.8, 4) is 0 Å². The molecule has 0 fully saturated rings. The zero-order valence-corrected chi connectivity index (χ0v) is 15.8. The van der Waals surface area contributed by atoms with Crippen molar-refractivity contribution in [2.45, 2.75) is 13.1 Å². The summed E-state index contributed by atoms with van der Waals surface area (Å²) in [7, 11) is 0. The van der Waals surface area contributed by atoms with Gasteiger partial charge in [-0.05, 0) is 24.3 Å². The maximum atomic E-state index is 5.70. The van der Waals surface area contributed by atoms with Crippen LogP contribution in [0.2, 0.25) is 0 Å². The highest BCUT2D eigenvalue weighted by atomic mass is 16.5. The first kappa shape index (κ1) is 21.4. The molecule has 2 heterocycles. The maximum Gasteiger partial charge on any atom is 0.0701 e. The lowest BCUT2D eigenvalue weighted by atomic mass is 10.3. The van der Waals surface area contributed by atoms with E-state index in [0.717, 1.165) is 31.0 Å². The Kier molecular flexibility index (Phi) is 11.3. The van der Waals surface area contributed by atoms with Crippen LogP contribution in [0.15, 0.2) is 48.8 Å². The van der Waals surface area contributed by atoms with Crippen molar-refractivity contribution in [2.75, 3.05) is 52.7 Å². The fraction of sp³-hybridized carbons (Fsp3) is 0.500. The zero-order valence-electron chi connectivity index (χ0n) is 15.8. The van der Waals surface area contributed by atoms with Gasteiger partial charge in [0.1, 0.15) is 0 Å². The Balaban J connectivity index is 1.66. The van der Waals surface area contributed by atoms with Gasteiger partial charge in [0, 0.05) is 38.6 Å². The number of nitrogens with two attached hydrogens (primary N) is 1. The molecule has 0 saturated carbocycles. The highest BCUT2D eigenvalue weighted by Crippen LogP contribution is 2.06. The van der Waals surface area contributed by atoms with Crippen LogP contribution in [-0.2, 0) is 27.3 Å². The molecule has 0 saturated heterocycles. The molecule has 0 aliphatic rings. The number of nitrogens with zero attached hydrogens (tertiary/aromatic N) is 3. The second-order valence-electron chi connectivity index (χ2n) is 5.98. The number of rotatable bonds is 15. The van der Waals surface area contributed by atoms with Gasteiger partial charge in [0.05, 0.1) is 51.0 Å². The smallest absolute Gasteiger partial charge is 0.0701 e. The first-order valence-electron chi connectivity index (χ1n) is 9.34. The Labute approximate surface area is 161 Å². The minimum absolute atomic E-state index is 0.538. The minimum Gasteiger partial charge on any atom is -0.378 e. The highest BCUT2D eigenvalue weighted by Gasteiger charge is 2.08. The van der Waals surface area contributed by atoms with Gasteiger partial charge in [-0.2, -0.15) is 0 Å². The molecule has 0 radical (unpaired) electrons. The van der Waals surface area contributed by atoms with Crippen LogP contribution in [0.1, 0.15) is 11.4 Å². The summed E-state index contributed by atoms with van der Waals surface area (Å²) < 4.78 is 16.4. The van der Waals surface area contributed by atoms with Gasteiger partial charge >= 0.3 is 0 Å². The summed E-state index contributed by atoms with van der Waals surface area (Å²) in [6.07, 6.45) is 3.64. The standard InChI is InChI=1S/C20H30N4O3/c21-7-11-25-13-15-27-16-14-26-12-10-24(17-19-5-1-3-8-22-19)18-20-6-2-4-9-23-20/h1-6,8-9H,7,10-18,21H2. The molecule has 0 amide bonds. The maximum absolute atomic E-state index is 5.70. The third-order valence-electron chi connectivity index (χ3n) is 3.78. The van der Waals surface area contributed by atoms with E-state index < -0.39 is 0 Å². The SMILES string of the molecule is NCCOCCOCCOCCN(Cc1ccccn1)Cc1ccccn1. The van der Waals surface area contributed by atoms with Gasteiger partial charge < -0.3 is 19.9 Å². The molecular weight excluding hydrogens is 344 g/mol. The predicted molar refractivity (Wildman–Crippen MR) is 104 cm³/mol. The Hall–Kier alpha value is -1.90. The van der Waals surface area contributed by atoms with Gasteiger partial charge in [-0.3, -0.25) is 14.9 Å². The molecule has 0 bridgehead atoms. The van der Waals surface area contributed by atoms with E-state index in [1.165, 1.54) is 0 Å². The van der Waals surface area contributed by atoms with Crippen LogP contribution >= 0.6 is 0 Å². The lowest BCUT2D eigenvalue weighted by Crippen LogP contribution is -2.28. The topological polar surface area (TPSA) is 82.7 Å². The Morgan fingerprint density at radius 3 is 1.70 bits per heavy atom. The summed E-state index contributed by atoms with van der Waals surface area (Å²) in [4.78, 5) is 11.1. The number of hydrogen-bond acceptors (Lipinski definition) is 7. The molecule has 2 aromatic rings. The molecule has 0 aliphatic carbocycles. The quantitative estimate of drug-likeness (QED) is 0.473. The molecule has 7 nitrogen and oxygen atoms in total. The van der Waals surface area contributed by atoms with E-state index >= 15 is 0 Å². The Morgan fingerprint density at radius 2 is 1.22 bits per heavy atom. The van der Waals surface area contributed by atoms with Gasteiger partial charge in [-0.25, -0.2) is 0 Å². The molecular formula is C20H30N4O3. The van der Waals surface area contributed by atoms with Crippen LogP contribution in [0, 0.1) is 0 Å². The van der Waals surface area contributed by atoms with E-state index in [0.29, 0.717) is 46.2 Å². The molecule has 148 valence electrons. The number of ether oxygens (including phenoxy) is 3. The van der Waals surface area contributed by atoms with Crippen molar-refractivity contribution in [3.63, 3.8) is 0 Å². The third kappa shape index (κ3) is 10.1. The summed E-state index contributed by atoms with van der Waals surface area (Å²) in [5.74, 6) is 0. The molecule has 2 N–H and O–H groups in total. The molecule has 0 atom stereocenters. The molecule has 27 heavy (non-hydrogen) atoms. The van der Waals surface area contributed by atoms with Gasteiger partial charge in [0.2, 0.25) is 0 Å². The summed E-state index contributed by atoms with van der Waals surface area (Å²) >= 11 is 0. The Bertz CT molecular complexity index is 545. The van der Waals surface area contributed by atoms with E-state index in [1.807, 2.05) is 48.8 Å². The number of pyridine rings is 2. The molecule has 0 aromatic carbocycles. The third-order valence-corrected chi connectivity index (χ3v) is 3.78. The predicted octanol–water partition coefficient (Wildman–Crippen LogP) is 1.49. The summed E-state index contributed by atoms with van der Waals surface area (Å²) in [5.41, 5.74) is 7.42. The van der Waals surface area contributed by atoms with Crippen LogP contribution in [0.5, 0.6) is 0 Å². The average Bonchev–Trinajstić information content (AvgIpc) is 2.71. The minimum atomic E-state index is 0.538. The van der Waals surface area contributed by atoms with Crippen molar-refractivity contribution in [2.24, 2.45) is 5.73 Å². The van der Waals surface area contributed by atoms with Crippen molar-refractivity contribution in [1.29, 1.82) is 0 Å². The number of hydrogen-bond donors (Lipinski definition) is 1. The molecule has 2 aromatic heterocycles. The van der Waals surface area contributed by atoms with E-state index in [-0.39, 0.29) is 0 Å². The van der Waals surface area contributed by atoms with Gasteiger partial charge in [0.15, 0.2) is 0 Å². The number of aromatic nitrogens is 2. The molecule has 0 aliphatic heterocycles. The van der Waals surface area contributed by atoms with Crippen LogP contribution < -0.4 is 5.73 Å². The lowest BCUT2D eigenvalue weighted by molar-refractivity contribution is 0.0109. The van der Waals surface area contributed by atoms with E-state index in [9.17, 15) is 0 Å². The molecule has 0 spiro atoms. The average molecular weight is 374 g/mol. The van der Waals surface area contributed by atoms with Crippen LogP contribution in [0.3, 0.4) is 0 Å². The van der Waals surface area contributed by atoms with E-state index in [2.05, 4.69) is 14.9 Å². The molecule has 0 unspecified atom stereocenters. The van der Waals surface area contributed by atoms with E-state index in [1.54, 1.807) is 0 Å². The van der Waals surface area contributed by atoms with Gasteiger partial charge in [-0.15, -0.1) is 0 Å². The first-order valence-corrected chi connectivity index (χ1v) is 9.34. The van der Waals surface area contributed by atoms with Crippen molar-refractivity contribution in [3.05, 3.63) is 60.2 Å². The van der Waals surface area contributed by atoms with Crippen LogP contribution in [0.4, 0.5) is 0 Å². The van der Waals surface area contributed by atoms with Crippen LogP contribution in [0.25, 0.3) is 0 Å². The summed E-state index contributed by atoms with van der Waals surface area (Å²) in [6.45, 7) is 6.32. The fourth-order valence-electron chi connectivity index (χ4n) is 2.47. The monoisotopic (exact) mass is 374 g/mol. The summed E-state index contributed by atoms with van der Waals surface area (Å²) in [5, 5.41) is 0. The lowest BCUT2D eigenvalue weighted by Gasteiger charge is -2.21. The van der Waals surface area contributed by atoms with Gasteiger partial charge in [0.25, 0.3) is 0 Å². The van der Waals surface area contributed by atoms with Crippen molar-refractivity contribution in [1.82, 2.24) is 14.9 Å².